The Morgan fingerprint density at radius 3 is 2.61 bits per heavy atom. The van der Waals surface area contributed by atoms with Crippen molar-refractivity contribution in [3.8, 4) is 0 Å². The van der Waals surface area contributed by atoms with Gasteiger partial charge in [-0.1, -0.05) is 6.08 Å². The Balaban J connectivity index is 2.47. The molecule has 0 atom stereocenters. The van der Waals surface area contributed by atoms with Gasteiger partial charge in [0.1, 0.15) is 12.1 Å². The molecule has 0 bridgehead atoms. The Morgan fingerprint density at radius 1 is 1.44 bits per heavy atom. The molecule has 0 saturated carbocycles. The van der Waals surface area contributed by atoms with Gasteiger partial charge in [-0.3, -0.25) is 9.69 Å². The summed E-state index contributed by atoms with van der Waals surface area (Å²) in [7, 11) is 0. The molecule has 5 heteroatoms. The van der Waals surface area contributed by atoms with Gasteiger partial charge in [0.2, 0.25) is 5.91 Å². The molecule has 18 heavy (non-hydrogen) atoms. The van der Waals surface area contributed by atoms with Gasteiger partial charge >= 0.3 is 6.09 Å². The first-order chi connectivity index (χ1) is 8.33. The van der Waals surface area contributed by atoms with Crippen LogP contribution in [0.2, 0.25) is 0 Å². The Labute approximate surface area is 108 Å². The summed E-state index contributed by atoms with van der Waals surface area (Å²) in [6.45, 7) is 10.9. The van der Waals surface area contributed by atoms with Gasteiger partial charge in [-0.25, -0.2) is 4.79 Å². The van der Waals surface area contributed by atoms with Crippen LogP contribution in [0.5, 0.6) is 0 Å². The van der Waals surface area contributed by atoms with Gasteiger partial charge < -0.3 is 9.64 Å². The van der Waals surface area contributed by atoms with Crippen molar-refractivity contribution in [3.63, 3.8) is 0 Å². The predicted octanol–water partition coefficient (Wildman–Crippen LogP) is 1.64. The average molecular weight is 254 g/mol. The van der Waals surface area contributed by atoms with E-state index in [1.807, 2.05) is 20.8 Å². The second kappa shape index (κ2) is 5.89. The van der Waals surface area contributed by atoms with Crippen LogP contribution in [-0.4, -0.2) is 53.6 Å². The van der Waals surface area contributed by atoms with Crippen molar-refractivity contribution >= 4 is 12.0 Å². The number of hydrogen-bond donors (Lipinski definition) is 0. The van der Waals surface area contributed by atoms with Crippen LogP contribution >= 0.6 is 0 Å². The first kappa shape index (κ1) is 14.5. The molecule has 0 aliphatic carbocycles. The molecule has 1 heterocycles. The predicted molar refractivity (Wildman–Crippen MR) is 69.2 cm³/mol. The summed E-state index contributed by atoms with van der Waals surface area (Å²) in [4.78, 5) is 26.8. The Hall–Kier alpha value is -1.52. The number of rotatable bonds is 3. The normalized spacial score (nSPS) is 16.7. The van der Waals surface area contributed by atoms with Crippen LogP contribution < -0.4 is 0 Å². The van der Waals surface area contributed by atoms with E-state index < -0.39 is 11.7 Å². The van der Waals surface area contributed by atoms with E-state index in [4.69, 9.17) is 4.74 Å². The van der Waals surface area contributed by atoms with E-state index in [1.54, 1.807) is 11.0 Å². The third-order valence-corrected chi connectivity index (χ3v) is 2.57. The molecule has 5 nitrogen and oxygen atoms in total. The maximum absolute atomic E-state index is 11.8. The third kappa shape index (κ3) is 4.39. The molecule has 0 aromatic heterocycles. The van der Waals surface area contributed by atoms with Crippen molar-refractivity contribution < 1.29 is 14.3 Å². The van der Waals surface area contributed by atoms with Crippen LogP contribution in [-0.2, 0) is 9.53 Å². The van der Waals surface area contributed by atoms with Gasteiger partial charge in [0.15, 0.2) is 0 Å². The van der Waals surface area contributed by atoms with E-state index in [9.17, 15) is 9.59 Å². The minimum Gasteiger partial charge on any atom is -0.444 e. The molecule has 1 fully saturated rings. The van der Waals surface area contributed by atoms with Crippen LogP contribution in [0.1, 0.15) is 27.2 Å². The van der Waals surface area contributed by atoms with E-state index in [0.717, 1.165) is 6.42 Å². The van der Waals surface area contributed by atoms with Gasteiger partial charge in [0.25, 0.3) is 0 Å². The van der Waals surface area contributed by atoms with E-state index in [1.165, 1.54) is 4.90 Å². The largest absolute Gasteiger partial charge is 0.444 e. The number of nitrogens with zero attached hydrogens (tertiary/aromatic N) is 2. The monoisotopic (exact) mass is 254 g/mol. The summed E-state index contributed by atoms with van der Waals surface area (Å²) in [5.74, 6) is -0.0334. The molecule has 1 aliphatic heterocycles. The number of amides is 2. The van der Waals surface area contributed by atoms with Crippen LogP contribution in [0, 0.1) is 0 Å². The van der Waals surface area contributed by atoms with Crippen molar-refractivity contribution in [2.45, 2.75) is 32.8 Å². The van der Waals surface area contributed by atoms with Gasteiger partial charge in [0.05, 0.1) is 0 Å². The van der Waals surface area contributed by atoms with Crippen LogP contribution in [0.4, 0.5) is 4.79 Å². The molecule has 1 saturated heterocycles. The van der Waals surface area contributed by atoms with E-state index in [2.05, 4.69) is 6.58 Å². The zero-order chi connectivity index (χ0) is 13.8. The smallest absolute Gasteiger partial charge is 0.410 e. The maximum Gasteiger partial charge on any atom is 0.410 e. The zero-order valence-corrected chi connectivity index (χ0v) is 11.4. The summed E-state index contributed by atoms with van der Waals surface area (Å²) in [5.41, 5.74) is -0.528. The lowest BCUT2D eigenvalue weighted by Crippen LogP contribution is -2.53. The first-order valence-corrected chi connectivity index (χ1v) is 6.20. The van der Waals surface area contributed by atoms with Crippen LogP contribution in [0.3, 0.4) is 0 Å². The summed E-state index contributed by atoms with van der Waals surface area (Å²) < 4.78 is 5.24. The average Bonchev–Trinajstić information content (AvgIpc) is 2.25. The van der Waals surface area contributed by atoms with E-state index >= 15 is 0 Å². The SMILES string of the molecule is C=CCCN1CCN(C(=O)OC(C)(C)C)CC1=O. The molecule has 0 radical (unpaired) electrons. The van der Waals surface area contributed by atoms with Crippen molar-refractivity contribution in [2.75, 3.05) is 26.2 Å². The second-order valence-corrected chi connectivity index (χ2v) is 5.36. The minimum atomic E-state index is -0.528. The molecular weight excluding hydrogens is 232 g/mol. The molecule has 0 aromatic rings. The topological polar surface area (TPSA) is 49.9 Å². The fraction of sp³-hybridized carbons (Fsp3) is 0.692. The highest BCUT2D eigenvalue weighted by Crippen LogP contribution is 2.12. The van der Waals surface area contributed by atoms with Gasteiger partial charge in [-0.05, 0) is 27.2 Å². The van der Waals surface area contributed by atoms with E-state index in [0.29, 0.717) is 19.6 Å². The zero-order valence-electron chi connectivity index (χ0n) is 11.4. The number of hydrogen-bond acceptors (Lipinski definition) is 3. The summed E-state index contributed by atoms with van der Waals surface area (Å²) in [6.07, 6.45) is 2.14. The Morgan fingerprint density at radius 2 is 2.11 bits per heavy atom. The first-order valence-electron chi connectivity index (χ1n) is 6.20. The van der Waals surface area contributed by atoms with Gasteiger partial charge in [-0.2, -0.15) is 0 Å². The molecule has 1 aliphatic rings. The maximum atomic E-state index is 11.8. The van der Waals surface area contributed by atoms with Crippen LogP contribution in [0.15, 0.2) is 12.7 Å². The fourth-order valence-corrected chi connectivity index (χ4v) is 1.67. The highest BCUT2D eigenvalue weighted by molar-refractivity contribution is 5.83. The summed E-state index contributed by atoms with van der Waals surface area (Å²) >= 11 is 0. The quantitative estimate of drug-likeness (QED) is 0.719. The molecule has 0 aromatic carbocycles. The lowest BCUT2D eigenvalue weighted by molar-refractivity contribution is -0.135. The van der Waals surface area contributed by atoms with Crippen molar-refractivity contribution in [3.05, 3.63) is 12.7 Å². The fourth-order valence-electron chi connectivity index (χ4n) is 1.67. The highest BCUT2D eigenvalue weighted by Gasteiger charge is 2.29. The van der Waals surface area contributed by atoms with Crippen molar-refractivity contribution in [1.82, 2.24) is 9.80 Å². The molecule has 0 spiro atoms. The number of piperazine rings is 1. The lowest BCUT2D eigenvalue weighted by Gasteiger charge is -2.35. The van der Waals surface area contributed by atoms with Crippen LogP contribution in [0.25, 0.3) is 0 Å². The van der Waals surface area contributed by atoms with Crippen molar-refractivity contribution in [2.24, 2.45) is 0 Å². The van der Waals surface area contributed by atoms with Gasteiger partial charge in [0, 0.05) is 19.6 Å². The number of ether oxygens (including phenoxy) is 1. The molecule has 0 N–H and O–H groups in total. The Kier molecular flexibility index (Phi) is 4.76. The highest BCUT2D eigenvalue weighted by atomic mass is 16.6. The minimum absolute atomic E-state index is 0.0334. The third-order valence-electron chi connectivity index (χ3n) is 2.57. The molecular formula is C13H22N2O3. The number of carbonyl (C=O) groups excluding carboxylic acids is 2. The van der Waals surface area contributed by atoms with Crippen molar-refractivity contribution in [1.29, 1.82) is 0 Å². The lowest BCUT2D eigenvalue weighted by atomic mass is 10.2. The van der Waals surface area contributed by atoms with Gasteiger partial charge in [-0.15, -0.1) is 6.58 Å². The second-order valence-electron chi connectivity index (χ2n) is 5.36. The standard InChI is InChI=1S/C13H22N2O3/c1-5-6-7-14-8-9-15(10-11(14)16)12(17)18-13(2,3)4/h5H,1,6-10H2,2-4H3. The number of carbonyl (C=O) groups is 2. The molecule has 102 valence electrons. The summed E-state index contributed by atoms with van der Waals surface area (Å²) in [5, 5.41) is 0. The molecule has 1 rings (SSSR count). The Bertz CT molecular complexity index is 334. The molecule has 0 unspecified atom stereocenters. The molecule has 2 amide bonds. The summed E-state index contributed by atoms with van der Waals surface area (Å²) in [6, 6.07) is 0. The van der Waals surface area contributed by atoms with E-state index in [-0.39, 0.29) is 12.5 Å².